The molecule has 0 amide bonds. The van der Waals surface area contributed by atoms with Gasteiger partial charge < -0.3 is 5.32 Å². The van der Waals surface area contributed by atoms with E-state index in [9.17, 15) is 0 Å². The highest BCUT2D eigenvalue weighted by Crippen LogP contribution is 2.27. The van der Waals surface area contributed by atoms with Crippen LogP contribution in [0, 0.1) is 0 Å². The molecule has 20 heavy (non-hydrogen) atoms. The molecule has 0 unspecified atom stereocenters. The zero-order valence-electron chi connectivity index (χ0n) is 11.6. The molecule has 0 aliphatic heterocycles. The Balaban J connectivity index is 2.06. The molecular formula is C18H18N2. The minimum absolute atomic E-state index is 0.905. The molecule has 2 heteroatoms. The van der Waals surface area contributed by atoms with Crippen LogP contribution in [0.15, 0.2) is 60.8 Å². The van der Waals surface area contributed by atoms with Crippen LogP contribution in [-0.4, -0.2) is 11.5 Å². The fourth-order valence-electron chi connectivity index (χ4n) is 2.46. The fraction of sp³-hybridized carbons (Fsp3) is 0.167. The molecule has 0 aliphatic carbocycles. The molecule has 1 aromatic heterocycles. The summed E-state index contributed by atoms with van der Waals surface area (Å²) in [5.41, 5.74) is 4.79. The monoisotopic (exact) mass is 262 g/mol. The highest BCUT2D eigenvalue weighted by atomic mass is 14.8. The standard InChI is InChI=1S/C18H18N2/c1-2-19-13-14-6-3-8-16(12-14)17-10-4-7-15-9-5-11-20-18(15)17/h3-12,19H,2,13H2,1H3. The lowest BCUT2D eigenvalue weighted by molar-refractivity contribution is 0.727. The molecule has 0 saturated carbocycles. The van der Waals surface area contributed by atoms with Crippen LogP contribution in [0.4, 0.5) is 0 Å². The van der Waals surface area contributed by atoms with Crippen LogP contribution in [0.3, 0.4) is 0 Å². The second kappa shape index (κ2) is 5.85. The molecule has 0 aliphatic rings. The Bertz CT molecular complexity index is 714. The zero-order chi connectivity index (χ0) is 13.8. The van der Waals surface area contributed by atoms with Crippen molar-refractivity contribution in [3.8, 4) is 11.1 Å². The van der Waals surface area contributed by atoms with Crippen molar-refractivity contribution in [2.75, 3.05) is 6.54 Å². The molecule has 0 saturated heterocycles. The maximum Gasteiger partial charge on any atom is 0.0780 e. The summed E-state index contributed by atoms with van der Waals surface area (Å²) in [6.45, 7) is 4.01. The fourth-order valence-corrected chi connectivity index (χ4v) is 2.46. The van der Waals surface area contributed by atoms with Crippen molar-refractivity contribution in [2.24, 2.45) is 0 Å². The summed E-state index contributed by atoms with van der Waals surface area (Å²) >= 11 is 0. The molecule has 2 nitrogen and oxygen atoms in total. The van der Waals surface area contributed by atoms with Gasteiger partial charge in [0.05, 0.1) is 5.52 Å². The normalized spacial score (nSPS) is 10.8. The Hall–Kier alpha value is -2.19. The van der Waals surface area contributed by atoms with Crippen molar-refractivity contribution in [3.63, 3.8) is 0 Å². The summed E-state index contributed by atoms with van der Waals surface area (Å²) < 4.78 is 0. The summed E-state index contributed by atoms with van der Waals surface area (Å²) in [6.07, 6.45) is 1.86. The number of para-hydroxylation sites is 1. The molecule has 0 atom stereocenters. The van der Waals surface area contributed by atoms with Crippen molar-refractivity contribution in [2.45, 2.75) is 13.5 Å². The summed E-state index contributed by atoms with van der Waals surface area (Å²) in [4.78, 5) is 4.53. The van der Waals surface area contributed by atoms with Gasteiger partial charge in [-0.1, -0.05) is 49.4 Å². The number of rotatable bonds is 4. The van der Waals surface area contributed by atoms with Crippen LogP contribution in [0.1, 0.15) is 12.5 Å². The Labute approximate surface area is 119 Å². The van der Waals surface area contributed by atoms with Gasteiger partial charge in [0, 0.05) is 23.7 Å². The van der Waals surface area contributed by atoms with Crippen LogP contribution in [-0.2, 0) is 6.54 Å². The first-order valence-corrected chi connectivity index (χ1v) is 7.02. The molecule has 0 fully saturated rings. The smallest absolute Gasteiger partial charge is 0.0780 e. The van der Waals surface area contributed by atoms with Crippen molar-refractivity contribution in [3.05, 3.63) is 66.4 Å². The molecule has 1 N–H and O–H groups in total. The predicted octanol–water partition coefficient (Wildman–Crippen LogP) is 4.01. The number of pyridine rings is 1. The van der Waals surface area contributed by atoms with Gasteiger partial charge in [0.15, 0.2) is 0 Å². The molecule has 0 bridgehead atoms. The van der Waals surface area contributed by atoms with Gasteiger partial charge in [-0.3, -0.25) is 4.98 Å². The third kappa shape index (κ3) is 2.56. The molecular weight excluding hydrogens is 244 g/mol. The molecule has 2 aromatic carbocycles. The summed E-state index contributed by atoms with van der Waals surface area (Å²) in [5.74, 6) is 0. The van der Waals surface area contributed by atoms with Crippen LogP contribution in [0.2, 0.25) is 0 Å². The van der Waals surface area contributed by atoms with Gasteiger partial charge >= 0.3 is 0 Å². The van der Waals surface area contributed by atoms with Gasteiger partial charge in [0.25, 0.3) is 0 Å². The predicted molar refractivity (Wildman–Crippen MR) is 84.6 cm³/mol. The van der Waals surface area contributed by atoms with E-state index in [-0.39, 0.29) is 0 Å². The van der Waals surface area contributed by atoms with Crippen molar-refractivity contribution in [1.29, 1.82) is 0 Å². The van der Waals surface area contributed by atoms with Gasteiger partial charge in [-0.15, -0.1) is 0 Å². The van der Waals surface area contributed by atoms with E-state index in [2.05, 4.69) is 65.8 Å². The first-order chi connectivity index (χ1) is 9.88. The molecule has 0 spiro atoms. The Morgan fingerprint density at radius 1 is 1.00 bits per heavy atom. The third-order valence-corrected chi connectivity index (χ3v) is 3.45. The van der Waals surface area contributed by atoms with E-state index in [1.807, 2.05) is 12.3 Å². The average Bonchev–Trinajstić information content (AvgIpc) is 2.52. The molecule has 0 radical (unpaired) electrons. The molecule has 3 rings (SSSR count). The van der Waals surface area contributed by atoms with E-state index in [0.29, 0.717) is 0 Å². The van der Waals surface area contributed by atoms with Crippen molar-refractivity contribution >= 4 is 10.9 Å². The van der Waals surface area contributed by atoms with Crippen LogP contribution < -0.4 is 5.32 Å². The van der Waals surface area contributed by atoms with Crippen molar-refractivity contribution < 1.29 is 0 Å². The Morgan fingerprint density at radius 2 is 1.85 bits per heavy atom. The van der Waals surface area contributed by atoms with E-state index >= 15 is 0 Å². The first kappa shape index (κ1) is 12.8. The van der Waals surface area contributed by atoms with E-state index in [1.54, 1.807) is 0 Å². The molecule has 3 aromatic rings. The topological polar surface area (TPSA) is 24.9 Å². The highest BCUT2D eigenvalue weighted by Gasteiger charge is 2.05. The number of nitrogens with one attached hydrogen (secondary N) is 1. The van der Waals surface area contributed by atoms with E-state index < -0.39 is 0 Å². The van der Waals surface area contributed by atoms with Crippen LogP contribution in [0.25, 0.3) is 22.0 Å². The average molecular weight is 262 g/mol. The minimum atomic E-state index is 0.905. The third-order valence-electron chi connectivity index (χ3n) is 3.45. The second-order valence-corrected chi connectivity index (χ2v) is 4.86. The van der Waals surface area contributed by atoms with Crippen LogP contribution in [0.5, 0.6) is 0 Å². The number of hydrogen-bond acceptors (Lipinski definition) is 2. The lowest BCUT2D eigenvalue weighted by atomic mass is 10.00. The Morgan fingerprint density at radius 3 is 2.75 bits per heavy atom. The number of benzene rings is 2. The van der Waals surface area contributed by atoms with Gasteiger partial charge in [0.2, 0.25) is 0 Å². The lowest BCUT2D eigenvalue weighted by Crippen LogP contribution is -2.11. The first-order valence-electron chi connectivity index (χ1n) is 7.02. The Kier molecular flexibility index (Phi) is 3.75. The quantitative estimate of drug-likeness (QED) is 0.768. The number of nitrogens with zero attached hydrogens (tertiary/aromatic N) is 1. The van der Waals surface area contributed by atoms with Gasteiger partial charge in [-0.2, -0.15) is 0 Å². The summed E-state index contributed by atoms with van der Waals surface area (Å²) in [5, 5.41) is 4.55. The van der Waals surface area contributed by atoms with Gasteiger partial charge in [-0.25, -0.2) is 0 Å². The minimum Gasteiger partial charge on any atom is -0.313 e. The second-order valence-electron chi connectivity index (χ2n) is 4.86. The number of hydrogen-bond donors (Lipinski definition) is 1. The number of fused-ring (bicyclic) bond motifs is 1. The maximum atomic E-state index is 4.53. The summed E-state index contributed by atoms with van der Waals surface area (Å²) in [6, 6.07) is 19.1. The van der Waals surface area contributed by atoms with Crippen molar-refractivity contribution in [1.82, 2.24) is 10.3 Å². The zero-order valence-corrected chi connectivity index (χ0v) is 11.6. The maximum absolute atomic E-state index is 4.53. The molecule has 1 heterocycles. The largest absolute Gasteiger partial charge is 0.313 e. The number of aromatic nitrogens is 1. The van der Waals surface area contributed by atoms with E-state index in [1.165, 1.54) is 22.1 Å². The van der Waals surface area contributed by atoms with Gasteiger partial charge in [0.1, 0.15) is 0 Å². The SMILES string of the molecule is CCNCc1cccc(-c2cccc3cccnc23)c1. The summed E-state index contributed by atoms with van der Waals surface area (Å²) in [7, 11) is 0. The van der Waals surface area contributed by atoms with E-state index in [4.69, 9.17) is 0 Å². The highest BCUT2D eigenvalue weighted by molar-refractivity contribution is 5.93. The lowest BCUT2D eigenvalue weighted by Gasteiger charge is -2.08. The van der Waals surface area contributed by atoms with Gasteiger partial charge in [-0.05, 0) is 29.8 Å². The van der Waals surface area contributed by atoms with Crippen LogP contribution >= 0.6 is 0 Å². The van der Waals surface area contributed by atoms with E-state index in [0.717, 1.165) is 18.6 Å². The molecule has 100 valence electrons.